The standard InChI is InChI=1S/C16H18FN3O2.C12H8ClFN2O.C6H3Cl2NO.C6H4ClNO2.C6H6FN.C4H11NO.Cl2OS.2H2S/c1-22-10-2-9-18-15-8-3-12(11-19-15)16(21)20-14-6-4-13(17)5-7-14;13-11-6-1-8(7-15-11)12(17)16-10-4-2-9(14)3-5-10;7-5-2-1-4(3-9-5)6(8)10;7-5-2-1-4(3-8-5)6(9)10;7-5-1-3-6(8)4-2-5;1-6-4-2-3-5;1-4(2)3;;/h3-8,11H,2,9-10H2,1H3,(H,18,19)(H,20,21);1-7H,(H,16,17);1-3H;1-3H,(H,9,10);1-4H,8H2;2-5H2,1H3;;2*1H2. The van der Waals surface area contributed by atoms with E-state index in [1.54, 1.807) is 32.4 Å². The van der Waals surface area contributed by atoms with E-state index < -0.39 is 20.4 Å². The smallest absolute Gasteiger partial charge is 0.337 e. The van der Waals surface area contributed by atoms with Gasteiger partial charge in [0.25, 0.3) is 17.1 Å². The number of carbonyl (C=O) groups excluding carboxylic acids is 3. The Kier molecular flexibility index (Phi) is 42.9. The van der Waals surface area contributed by atoms with Crippen molar-refractivity contribution < 1.29 is 51.1 Å². The molecule has 17 nitrogen and oxygen atoms in total. The topological polar surface area (TPSA) is 264 Å². The molecule has 0 atom stereocenters. The summed E-state index contributed by atoms with van der Waals surface area (Å²) in [5.74, 6) is -1.84. The Morgan fingerprint density at radius 1 is 0.570 bits per heavy atom. The minimum atomic E-state index is -1.67. The van der Waals surface area contributed by atoms with Crippen molar-refractivity contribution in [3.05, 3.63) is 201 Å². The van der Waals surface area contributed by atoms with Gasteiger partial charge < -0.3 is 42.0 Å². The van der Waals surface area contributed by atoms with Gasteiger partial charge in [0, 0.05) is 97.2 Å². The minimum absolute atomic E-state index is 0. The van der Waals surface area contributed by atoms with Gasteiger partial charge in [0.1, 0.15) is 38.7 Å². The zero-order chi connectivity index (χ0) is 57.5. The van der Waals surface area contributed by atoms with Gasteiger partial charge >= 0.3 is 5.97 Å². The Morgan fingerprint density at radius 2 is 0.924 bits per heavy atom. The maximum absolute atomic E-state index is 12.8. The second kappa shape index (κ2) is 45.0. The molecule has 2 amide bonds. The van der Waals surface area contributed by atoms with E-state index in [2.05, 4.69) is 57.3 Å². The first-order valence-electron chi connectivity index (χ1n) is 21.7. The van der Waals surface area contributed by atoms with Crippen molar-refractivity contribution in [3.63, 3.8) is 0 Å². The maximum atomic E-state index is 12.8. The summed E-state index contributed by atoms with van der Waals surface area (Å²) in [6.45, 7) is 2.96. The van der Waals surface area contributed by atoms with Crippen LogP contribution in [0.3, 0.4) is 0 Å². The lowest BCUT2D eigenvalue weighted by atomic mass is 10.2. The van der Waals surface area contributed by atoms with E-state index >= 15 is 0 Å². The van der Waals surface area contributed by atoms with E-state index in [1.165, 1.54) is 128 Å². The Bertz CT molecular complexity index is 2740. The number of anilines is 4. The van der Waals surface area contributed by atoms with Gasteiger partial charge in [-0.25, -0.2) is 42.1 Å². The van der Waals surface area contributed by atoms with Crippen LogP contribution in [-0.2, 0) is 18.7 Å². The number of carboxylic acid groups (broad SMARTS) is 1. The van der Waals surface area contributed by atoms with E-state index in [4.69, 9.17) is 76.7 Å². The van der Waals surface area contributed by atoms with Crippen molar-refractivity contribution in [1.29, 1.82) is 0 Å². The highest BCUT2D eigenvalue weighted by molar-refractivity contribution is 8.26. The molecule has 4 heterocycles. The zero-order valence-electron chi connectivity index (χ0n) is 41.7. The number of hydrogen-bond donors (Lipinski definition) is 6. The first-order valence-corrected chi connectivity index (χ1v) is 26.0. The number of aromatic carboxylic acids is 1. The number of amides is 2. The minimum Gasteiger partial charge on any atom is -0.478 e. The number of nitrogens with two attached hydrogens (primary N) is 2. The summed E-state index contributed by atoms with van der Waals surface area (Å²) in [6.07, 6.45) is 7.27. The number of aromatic nitrogens is 4. The van der Waals surface area contributed by atoms with Gasteiger partial charge in [-0.2, -0.15) is 27.0 Å². The molecule has 29 heteroatoms. The quantitative estimate of drug-likeness (QED) is 0.0256. The third kappa shape index (κ3) is 37.7. The second-order valence-corrected chi connectivity index (χ2v) is 18.2. The molecule has 0 bridgehead atoms. The molecule has 0 fully saturated rings. The molecule has 0 aliphatic carbocycles. The molecule has 0 unspecified atom stereocenters. The molecule has 79 heavy (non-hydrogen) atoms. The molecule has 0 spiro atoms. The Hall–Kier alpha value is -5.80. The molecule has 8 N–H and O–H groups in total. The molecule has 0 radical (unpaired) electrons. The van der Waals surface area contributed by atoms with Gasteiger partial charge in [-0.15, -0.1) is 0 Å². The van der Waals surface area contributed by atoms with Crippen LogP contribution in [0, 0.1) is 17.5 Å². The predicted octanol–water partition coefficient (Wildman–Crippen LogP) is 12.3. The molecule has 428 valence electrons. The fraction of sp³-hybridized carbons (Fsp3) is 0.160. The highest BCUT2D eigenvalue weighted by Gasteiger charge is 2.08. The number of rotatable bonds is 14. The summed E-state index contributed by atoms with van der Waals surface area (Å²) >= 11 is 21.6. The van der Waals surface area contributed by atoms with Crippen molar-refractivity contribution in [1.82, 2.24) is 19.9 Å². The fourth-order valence-corrected chi connectivity index (χ4v) is 5.18. The van der Waals surface area contributed by atoms with E-state index in [1.807, 2.05) is 0 Å². The van der Waals surface area contributed by atoms with Crippen molar-refractivity contribution in [3.8, 4) is 0 Å². The number of nitrogen functional groups attached to an aromatic ring is 1. The lowest BCUT2D eigenvalue weighted by Crippen LogP contribution is -2.13. The highest BCUT2D eigenvalue weighted by Crippen LogP contribution is 2.14. The van der Waals surface area contributed by atoms with E-state index in [-0.39, 0.29) is 61.8 Å². The number of nitrogens with one attached hydrogen (secondary N) is 3. The van der Waals surface area contributed by atoms with Crippen molar-refractivity contribution in [2.24, 2.45) is 5.73 Å². The molecular weight excluding hydrogens is 1220 g/mol. The van der Waals surface area contributed by atoms with Crippen LogP contribution in [0.15, 0.2) is 146 Å². The van der Waals surface area contributed by atoms with Crippen LogP contribution in [0.5, 0.6) is 0 Å². The van der Waals surface area contributed by atoms with Gasteiger partial charge in [0.05, 0.1) is 22.3 Å². The van der Waals surface area contributed by atoms with Crippen LogP contribution < -0.4 is 27.4 Å². The number of ether oxygens (including phenoxy) is 2. The van der Waals surface area contributed by atoms with Gasteiger partial charge in [0.2, 0.25) is 9.23 Å². The SMILES string of the molecule is COCCCN.COCCCNc1ccc(C(=O)Nc2ccc(F)cc2)cn1.Nc1ccc(F)cc1.O=C(Cl)c1ccc(Cl)nc1.O=C(Nc1ccc(F)cc1)c1ccc(Cl)nc1.O=C(O)c1ccc(Cl)nc1.O=S(Cl)Cl.S.S. The summed E-state index contributed by atoms with van der Waals surface area (Å²) in [4.78, 5) is 59.6. The molecule has 0 saturated heterocycles. The normalized spacial score (nSPS) is 9.43. The number of carboxylic acids is 1. The Labute approximate surface area is 499 Å². The predicted molar refractivity (Wildman–Crippen MR) is 320 cm³/mol. The van der Waals surface area contributed by atoms with Crippen molar-refractivity contribution in [2.75, 3.05) is 62.2 Å². The maximum Gasteiger partial charge on any atom is 0.337 e. The van der Waals surface area contributed by atoms with Crippen molar-refractivity contribution in [2.45, 2.75) is 12.8 Å². The number of methoxy groups -OCH3 is 2. The van der Waals surface area contributed by atoms with Gasteiger partial charge in [-0.1, -0.05) is 34.8 Å². The fourth-order valence-electron chi connectivity index (χ4n) is 4.73. The van der Waals surface area contributed by atoms with Crippen LogP contribution in [0.2, 0.25) is 15.5 Å². The Balaban J connectivity index is 0. The van der Waals surface area contributed by atoms with E-state index in [0.29, 0.717) is 61.6 Å². The largest absolute Gasteiger partial charge is 0.478 e. The van der Waals surface area contributed by atoms with Crippen molar-refractivity contribution >= 4 is 150 Å². The summed E-state index contributed by atoms with van der Waals surface area (Å²) in [5, 5.41) is 17.3. The van der Waals surface area contributed by atoms with E-state index in [0.717, 1.165) is 32.5 Å². The lowest BCUT2D eigenvalue weighted by molar-refractivity contribution is 0.0695. The van der Waals surface area contributed by atoms with Gasteiger partial charge in [-0.3, -0.25) is 14.4 Å². The number of pyridine rings is 4. The third-order valence-corrected chi connectivity index (χ3v) is 9.29. The lowest BCUT2D eigenvalue weighted by Gasteiger charge is -2.07. The van der Waals surface area contributed by atoms with Crippen LogP contribution in [-0.4, -0.2) is 92.8 Å². The molecule has 0 aliphatic heterocycles. The second-order valence-electron chi connectivity index (χ2n) is 14.2. The average molecular weight is 1270 g/mol. The first-order chi connectivity index (χ1) is 36.7. The summed E-state index contributed by atoms with van der Waals surface area (Å²) < 4.78 is 56.2. The molecule has 0 saturated carbocycles. The molecular formula is C50H54Cl6F3N9O8S3. The van der Waals surface area contributed by atoms with Gasteiger partial charge in [-0.05, 0) is 152 Å². The molecule has 4 aromatic heterocycles. The number of benzene rings is 3. The number of halogens is 9. The molecule has 0 aliphatic rings. The molecule has 3 aromatic carbocycles. The van der Waals surface area contributed by atoms with Crippen LogP contribution in [0.25, 0.3) is 0 Å². The van der Waals surface area contributed by atoms with E-state index in [9.17, 15) is 32.3 Å². The Morgan fingerprint density at radius 3 is 1.23 bits per heavy atom. The van der Waals surface area contributed by atoms with Crippen LogP contribution in [0.1, 0.15) is 54.3 Å². The molecule has 7 rings (SSSR count). The number of hydrogen-bond acceptors (Lipinski definition) is 14. The first kappa shape index (κ1) is 75.3. The highest BCUT2D eigenvalue weighted by atomic mass is 36.0. The number of carbonyl (C=O) groups is 4. The summed E-state index contributed by atoms with van der Waals surface area (Å²) in [7, 11) is 10.7. The third-order valence-electron chi connectivity index (χ3n) is 8.40. The van der Waals surface area contributed by atoms with Crippen LogP contribution >= 0.6 is 94.8 Å². The summed E-state index contributed by atoms with van der Waals surface area (Å²) in [6, 6.07) is 29.2. The molecule has 7 aromatic rings. The van der Waals surface area contributed by atoms with Crippen LogP contribution in [0.4, 0.5) is 36.1 Å². The average Bonchev–Trinajstić information content (AvgIpc) is 3.40. The summed E-state index contributed by atoms with van der Waals surface area (Å²) in [5.41, 5.74) is 13.4. The zero-order valence-corrected chi connectivity index (χ0v) is 49.0. The monoisotopic (exact) mass is 1270 g/mol. The van der Waals surface area contributed by atoms with Gasteiger partial charge in [0.15, 0.2) is 0 Å². The number of nitrogens with zero attached hydrogens (tertiary/aromatic N) is 4.